The predicted octanol–water partition coefficient (Wildman–Crippen LogP) is -0.0600. The van der Waals surface area contributed by atoms with Gasteiger partial charge in [0, 0.05) is 506 Å². The van der Waals surface area contributed by atoms with Crippen molar-refractivity contribution in [2.24, 2.45) is 0 Å². The van der Waals surface area contributed by atoms with Gasteiger partial charge in [0.15, 0.2) is 0 Å². The SMILES string of the molecule is [W].[W].[W].[W].[W].[W].[W].[W].[W].[W].[W].[W].[W].[W].[W].[W].[W].[W].[W].[W].[W].[W].[W].[W]. The molecule has 144 valence electrons. The fraction of sp³-hybridized carbons (Fsp3) is 0. The second-order valence-corrected chi connectivity index (χ2v) is 0. The molecule has 0 unspecified atom stereocenters. The van der Waals surface area contributed by atoms with Crippen LogP contribution in [0.3, 0.4) is 0 Å². The summed E-state index contributed by atoms with van der Waals surface area (Å²) in [6, 6.07) is 0. The largest absolute Gasteiger partial charge is 0 e. The van der Waals surface area contributed by atoms with Crippen molar-refractivity contribution >= 4 is 0 Å². The Kier molecular flexibility index (Phi) is 2080. The summed E-state index contributed by atoms with van der Waals surface area (Å²) < 4.78 is 0. The van der Waals surface area contributed by atoms with Crippen LogP contribution >= 0.6 is 0 Å². The van der Waals surface area contributed by atoms with Gasteiger partial charge in [-0.2, -0.15) is 0 Å². The van der Waals surface area contributed by atoms with Crippen LogP contribution in [0.2, 0.25) is 0 Å². The van der Waals surface area contributed by atoms with Crippen LogP contribution in [0, 0.1) is 0 Å². The molecule has 0 bridgehead atoms. The maximum atomic E-state index is 0. The predicted molar refractivity (Wildman–Crippen MR) is 0 cm³/mol. The molecular weight excluding hydrogens is 4410 g/mol. The minimum atomic E-state index is 0. The molecule has 0 rings (SSSR count). The second kappa shape index (κ2) is 215. The monoisotopic (exact) mass is 4410 g/mol. The van der Waals surface area contributed by atoms with Gasteiger partial charge >= 0.3 is 0 Å². The van der Waals surface area contributed by atoms with Crippen molar-refractivity contribution < 1.29 is 506 Å². The summed E-state index contributed by atoms with van der Waals surface area (Å²) in [5.41, 5.74) is 0. The van der Waals surface area contributed by atoms with Gasteiger partial charge in [0.1, 0.15) is 0 Å². The first-order chi connectivity index (χ1) is 0. The van der Waals surface area contributed by atoms with Gasteiger partial charge in [-0.05, 0) is 0 Å². The van der Waals surface area contributed by atoms with Crippen molar-refractivity contribution in [3.63, 3.8) is 0 Å². The van der Waals surface area contributed by atoms with Gasteiger partial charge in [-0.3, -0.25) is 0 Å². The molecular formula is W24. The molecule has 0 nitrogen and oxygen atoms in total. The summed E-state index contributed by atoms with van der Waals surface area (Å²) in [6.45, 7) is 0. The van der Waals surface area contributed by atoms with Crippen LogP contribution in [0.1, 0.15) is 0 Å². The van der Waals surface area contributed by atoms with Crippen molar-refractivity contribution in [2.45, 2.75) is 0 Å². The zero-order valence-corrected chi connectivity index (χ0v) is 80.2. The molecule has 0 saturated heterocycles. The first-order valence-corrected chi connectivity index (χ1v) is 0. The summed E-state index contributed by atoms with van der Waals surface area (Å²) in [7, 11) is 0. The summed E-state index contributed by atoms with van der Waals surface area (Å²) >= 11 is 0. The first kappa shape index (κ1) is 232. The molecule has 0 amide bonds. The van der Waals surface area contributed by atoms with E-state index < -0.39 is 0 Å². The zero-order valence-electron chi connectivity index (χ0n) is 9.80. The maximum absolute atomic E-state index is 0. The van der Waals surface area contributed by atoms with E-state index in [2.05, 4.69) is 0 Å². The fourth-order valence-electron chi connectivity index (χ4n) is 0. The van der Waals surface area contributed by atoms with Crippen LogP contribution in [0.5, 0.6) is 0 Å². The Morgan fingerprint density at radius 2 is 0.0417 bits per heavy atom. The topological polar surface area (TPSA) is 0 Å². The van der Waals surface area contributed by atoms with Crippen LogP contribution in [0.25, 0.3) is 0 Å². The van der Waals surface area contributed by atoms with Gasteiger partial charge in [-0.25, -0.2) is 0 Å². The van der Waals surface area contributed by atoms with Crippen molar-refractivity contribution in [3.8, 4) is 0 Å². The summed E-state index contributed by atoms with van der Waals surface area (Å²) in [4.78, 5) is 0. The van der Waals surface area contributed by atoms with E-state index in [4.69, 9.17) is 0 Å². The van der Waals surface area contributed by atoms with Crippen LogP contribution in [-0.2, 0) is 506 Å². The van der Waals surface area contributed by atoms with Gasteiger partial charge in [-0.1, -0.05) is 0 Å². The Morgan fingerprint density at radius 1 is 0.0417 bits per heavy atom. The molecule has 0 spiro atoms. The molecule has 0 aliphatic heterocycles. The molecule has 0 N–H and O–H groups in total. The van der Waals surface area contributed by atoms with Gasteiger partial charge in [0.2, 0.25) is 0 Å². The molecule has 24 heteroatoms. The molecule has 0 aromatic rings. The van der Waals surface area contributed by atoms with Crippen LogP contribution in [0.15, 0.2) is 0 Å². The van der Waals surface area contributed by atoms with Crippen LogP contribution in [-0.4, -0.2) is 0 Å². The fourth-order valence-corrected chi connectivity index (χ4v) is 0. The normalized spacial score (nSPS) is 0. The molecule has 24 heavy (non-hydrogen) atoms. The van der Waals surface area contributed by atoms with Gasteiger partial charge in [0.05, 0.1) is 0 Å². The van der Waals surface area contributed by atoms with Gasteiger partial charge < -0.3 is 0 Å². The van der Waals surface area contributed by atoms with Crippen LogP contribution in [0.4, 0.5) is 0 Å². The first-order valence-electron chi connectivity index (χ1n) is 0. The van der Waals surface area contributed by atoms with E-state index in [0.29, 0.717) is 0 Å². The van der Waals surface area contributed by atoms with Crippen LogP contribution < -0.4 is 0 Å². The third-order valence-electron chi connectivity index (χ3n) is 0. The van der Waals surface area contributed by atoms with Crippen molar-refractivity contribution in [1.29, 1.82) is 0 Å². The Bertz CT molecular complexity index is 0. The van der Waals surface area contributed by atoms with Gasteiger partial charge in [0.25, 0.3) is 0 Å². The standard InChI is InChI=1S/24W. The average Bonchev–Trinajstić information content (AvgIpc) is 0. The number of rotatable bonds is 0. The molecule has 0 saturated carbocycles. The number of hydrogen-bond acceptors (Lipinski definition) is 0. The molecule has 0 atom stereocenters. The number of hydrogen-bond donors (Lipinski definition) is 0. The molecule has 0 aliphatic carbocycles. The van der Waals surface area contributed by atoms with Crippen molar-refractivity contribution in [1.82, 2.24) is 0 Å². The Hall–Kier alpha value is 16.5. The maximum Gasteiger partial charge on any atom is 0 e. The van der Waals surface area contributed by atoms with E-state index in [-0.39, 0.29) is 506 Å². The van der Waals surface area contributed by atoms with E-state index >= 15 is 0 Å². The second-order valence-electron chi connectivity index (χ2n) is 0. The summed E-state index contributed by atoms with van der Waals surface area (Å²) in [5, 5.41) is 0. The third-order valence-corrected chi connectivity index (χ3v) is 0. The Labute approximate surface area is 491 Å². The van der Waals surface area contributed by atoms with Crippen molar-refractivity contribution in [3.05, 3.63) is 0 Å². The summed E-state index contributed by atoms with van der Waals surface area (Å²) in [6.07, 6.45) is 0. The molecule has 0 heterocycles. The average molecular weight is 4410 g/mol. The quantitative estimate of drug-likeness (QED) is 0.320. The minimum absolute atomic E-state index is 0. The van der Waals surface area contributed by atoms with E-state index in [9.17, 15) is 0 Å². The van der Waals surface area contributed by atoms with E-state index in [1.54, 1.807) is 0 Å². The summed E-state index contributed by atoms with van der Waals surface area (Å²) in [5.74, 6) is 0. The molecule has 0 aromatic carbocycles. The molecule has 0 aliphatic rings. The van der Waals surface area contributed by atoms with Crippen molar-refractivity contribution in [2.75, 3.05) is 0 Å². The van der Waals surface area contributed by atoms with E-state index in [1.807, 2.05) is 0 Å². The van der Waals surface area contributed by atoms with E-state index in [1.165, 1.54) is 0 Å². The molecule has 0 fully saturated rings. The zero-order chi connectivity index (χ0) is 0. The Morgan fingerprint density at radius 3 is 0.0417 bits per heavy atom. The van der Waals surface area contributed by atoms with E-state index in [0.717, 1.165) is 0 Å². The van der Waals surface area contributed by atoms with Gasteiger partial charge in [-0.15, -0.1) is 0 Å². The third kappa shape index (κ3) is 199. The molecule has 0 radical (unpaired) electrons. The smallest absolute Gasteiger partial charge is 0 e. The minimum Gasteiger partial charge on any atom is 0 e. The molecule has 0 aromatic heterocycles. The Balaban J connectivity index is 0.